The van der Waals surface area contributed by atoms with Crippen molar-refractivity contribution in [3.05, 3.63) is 65.3 Å². The van der Waals surface area contributed by atoms with Crippen LogP contribution in [0.25, 0.3) is 17.0 Å². The van der Waals surface area contributed by atoms with Crippen LogP contribution in [0.4, 0.5) is 5.69 Å². The standard InChI is InChI=1S/C21H19ClN2O3/c1-3-27-19-13-14(12-16(22)21(19)26-2)9-10-20(25)24-18-8-4-7-17-15(18)6-5-11-23-17/h4-13H,3H2,1-2H3,(H,24,25)/b10-9+. The molecule has 0 bridgehead atoms. The fraction of sp³-hybridized carbons (Fsp3) is 0.143. The lowest BCUT2D eigenvalue weighted by Gasteiger charge is -2.11. The Morgan fingerprint density at radius 2 is 2.11 bits per heavy atom. The van der Waals surface area contributed by atoms with Crippen LogP contribution >= 0.6 is 11.6 Å². The largest absolute Gasteiger partial charge is 0.491 e. The summed E-state index contributed by atoms with van der Waals surface area (Å²) in [4.78, 5) is 16.6. The summed E-state index contributed by atoms with van der Waals surface area (Å²) in [6.45, 7) is 2.36. The number of ether oxygens (including phenoxy) is 2. The van der Waals surface area contributed by atoms with Crippen LogP contribution in [-0.2, 0) is 4.79 Å². The molecule has 0 saturated carbocycles. The molecule has 0 radical (unpaired) electrons. The molecule has 0 aliphatic heterocycles. The van der Waals surface area contributed by atoms with Crippen LogP contribution in [0.2, 0.25) is 5.02 Å². The van der Waals surface area contributed by atoms with Gasteiger partial charge in [-0.05, 0) is 55.0 Å². The van der Waals surface area contributed by atoms with Crippen molar-refractivity contribution in [1.82, 2.24) is 4.98 Å². The molecule has 1 amide bonds. The van der Waals surface area contributed by atoms with E-state index in [4.69, 9.17) is 21.1 Å². The Morgan fingerprint density at radius 3 is 2.89 bits per heavy atom. The molecule has 0 fully saturated rings. The van der Waals surface area contributed by atoms with Gasteiger partial charge < -0.3 is 14.8 Å². The molecule has 1 N–H and O–H groups in total. The van der Waals surface area contributed by atoms with Gasteiger partial charge in [-0.2, -0.15) is 0 Å². The number of carbonyl (C=O) groups is 1. The van der Waals surface area contributed by atoms with Gasteiger partial charge in [0.2, 0.25) is 5.91 Å². The maximum Gasteiger partial charge on any atom is 0.248 e. The zero-order valence-electron chi connectivity index (χ0n) is 15.0. The molecular formula is C21H19ClN2O3. The maximum atomic E-state index is 12.3. The van der Waals surface area contributed by atoms with Gasteiger partial charge in [-0.25, -0.2) is 0 Å². The number of halogens is 1. The highest BCUT2D eigenvalue weighted by molar-refractivity contribution is 6.32. The number of methoxy groups -OCH3 is 1. The first-order valence-electron chi connectivity index (χ1n) is 8.45. The van der Waals surface area contributed by atoms with Crippen LogP contribution in [0, 0.1) is 0 Å². The second-order valence-corrected chi connectivity index (χ2v) is 6.07. The van der Waals surface area contributed by atoms with Gasteiger partial charge in [-0.1, -0.05) is 17.7 Å². The third kappa shape index (κ3) is 4.38. The van der Waals surface area contributed by atoms with Gasteiger partial charge in [-0.15, -0.1) is 0 Å². The number of rotatable bonds is 6. The summed E-state index contributed by atoms with van der Waals surface area (Å²) in [7, 11) is 1.53. The average Bonchev–Trinajstić information content (AvgIpc) is 2.67. The molecule has 2 aromatic carbocycles. The fourth-order valence-corrected chi connectivity index (χ4v) is 3.00. The number of nitrogens with zero attached hydrogens (tertiary/aromatic N) is 1. The zero-order valence-corrected chi connectivity index (χ0v) is 15.8. The molecule has 0 spiro atoms. The van der Waals surface area contributed by atoms with Crippen molar-refractivity contribution in [2.75, 3.05) is 19.0 Å². The number of hydrogen-bond donors (Lipinski definition) is 1. The normalized spacial score (nSPS) is 10.9. The van der Waals surface area contributed by atoms with Crippen LogP contribution in [-0.4, -0.2) is 24.6 Å². The summed E-state index contributed by atoms with van der Waals surface area (Å²) in [5.41, 5.74) is 2.26. The highest BCUT2D eigenvalue weighted by atomic mass is 35.5. The van der Waals surface area contributed by atoms with Crippen LogP contribution in [0.3, 0.4) is 0 Å². The first kappa shape index (κ1) is 18.7. The Morgan fingerprint density at radius 1 is 1.26 bits per heavy atom. The van der Waals surface area contributed by atoms with Gasteiger partial charge in [0.05, 0.1) is 29.9 Å². The van der Waals surface area contributed by atoms with Crippen molar-refractivity contribution in [2.24, 2.45) is 0 Å². The van der Waals surface area contributed by atoms with Crippen molar-refractivity contribution in [3.8, 4) is 11.5 Å². The first-order valence-corrected chi connectivity index (χ1v) is 8.83. The van der Waals surface area contributed by atoms with E-state index in [9.17, 15) is 4.79 Å². The van der Waals surface area contributed by atoms with Gasteiger partial charge in [-0.3, -0.25) is 9.78 Å². The van der Waals surface area contributed by atoms with E-state index in [-0.39, 0.29) is 5.91 Å². The van der Waals surface area contributed by atoms with E-state index >= 15 is 0 Å². The van der Waals surface area contributed by atoms with Gasteiger partial charge >= 0.3 is 0 Å². The van der Waals surface area contributed by atoms with Crippen molar-refractivity contribution < 1.29 is 14.3 Å². The molecular weight excluding hydrogens is 364 g/mol. The number of hydrogen-bond acceptors (Lipinski definition) is 4. The molecule has 5 nitrogen and oxygen atoms in total. The molecule has 27 heavy (non-hydrogen) atoms. The Hall–Kier alpha value is -3.05. The summed E-state index contributed by atoms with van der Waals surface area (Å²) < 4.78 is 10.8. The van der Waals surface area contributed by atoms with E-state index in [2.05, 4.69) is 10.3 Å². The summed E-state index contributed by atoms with van der Waals surface area (Å²) in [6.07, 6.45) is 4.84. The number of benzene rings is 2. The molecule has 3 rings (SSSR count). The number of pyridine rings is 1. The summed E-state index contributed by atoms with van der Waals surface area (Å²) in [5.74, 6) is 0.757. The third-order valence-electron chi connectivity index (χ3n) is 3.87. The van der Waals surface area contributed by atoms with E-state index in [1.807, 2.05) is 37.3 Å². The molecule has 1 aromatic heterocycles. The van der Waals surface area contributed by atoms with Crippen LogP contribution in [0.1, 0.15) is 12.5 Å². The van der Waals surface area contributed by atoms with E-state index < -0.39 is 0 Å². The number of amides is 1. The van der Waals surface area contributed by atoms with Crippen molar-refractivity contribution in [2.45, 2.75) is 6.92 Å². The van der Waals surface area contributed by atoms with Crippen molar-refractivity contribution in [1.29, 1.82) is 0 Å². The van der Waals surface area contributed by atoms with Gasteiger partial charge in [0.1, 0.15) is 0 Å². The molecule has 6 heteroatoms. The van der Waals surface area contributed by atoms with Crippen molar-refractivity contribution in [3.63, 3.8) is 0 Å². The molecule has 138 valence electrons. The Kier molecular flexibility index (Phi) is 5.94. The predicted octanol–water partition coefficient (Wildman–Crippen LogP) is 4.95. The first-order chi connectivity index (χ1) is 13.1. The molecule has 0 atom stereocenters. The maximum absolute atomic E-state index is 12.3. The Balaban J connectivity index is 1.80. The van der Waals surface area contributed by atoms with Crippen LogP contribution in [0.5, 0.6) is 11.5 Å². The van der Waals surface area contributed by atoms with Crippen LogP contribution < -0.4 is 14.8 Å². The summed E-state index contributed by atoms with van der Waals surface area (Å²) in [5, 5.41) is 4.18. The van der Waals surface area contributed by atoms with Gasteiger partial charge in [0, 0.05) is 17.7 Å². The van der Waals surface area contributed by atoms with E-state index in [1.54, 1.807) is 24.4 Å². The molecule has 3 aromatic rings. The minimum absolute atomic E-state index is 0.253. The quantitative estimate of drug-likeness (QED) is 0.613. The third-order valence-corrected chi connectivity index (χ3v) is 4.15. The highest BCUT2D eigenvalue weighted by Gasteiger charge is 2.11. The molecule has 0 aliphatic rings. The highest BCUT2D eigenvalue weighted by Crippen LogP contribution is 2.36. The van der Waals surface area contributed by atoms with Gasteiger partial charge in [0.15, 0.2) is 11.5 Å². The smallest absolute Gasteiger partial charge is 0.248 e. The lowest BCUT2D eigenvalue weighted by molar-refractivity contribution is -0.111. The number of anilines is 1. The van der Waals surface area contributed by atoms with E-state index in [1.165, 1.54) is 13.2 Å². The predicted molar refractivity (Wildman–Crippen MR) is 109 cm³/mol. The lowest BCUT2D eigenvalue weighted by Crippen LogP contribution is -2.08. The molecule has 0 saturated heterocycles. The minimum Gasteiger partial charge on any atom is -0.491 e. The summed E-state index contributed by atoms with van der Waals surface area (Å²) >= 11 is 6.23. The minimum atomic E-state index is -0.253. The molecule has 0 aliphatic carbocycles. The topological polar surface area (TPSA) is 60.5 Å². The van der Waals surface area contributed by atoms with Crippen molar-refractivity contribution >= 4 is 40.2 Å². The second kappa shape index (κ2) is 8.56. The SMILES string of the molecule is CCOc1cc(/C=C/C(=O)Nc2cccc3ncccc23)cc(Cl)c1OC. The monoisotopic (exact) mass is 382 g/mol. The van der Waals surface area contributed by atoms with E-state index in [0.29, 0.717) is 28.8 Å². The second-order valence-electron chi connectivity index (χ2n) is 5.67. The van der Waals surface area contributed by atoms with E-state index in [0.717, 1.165) is 16.5 Å². The lowest BCUT2D eigenvalue weighted by atomic mass is 10.1. The molecule has 1 heterocycles. The Labute approximate surface area is 162 Å². The zero-order chi connectivity index (χ0) is 19.2. The number of nitrogens with one attached hydrogen (secondary N) is 1. The Bertz CT molecular complexity index is 997. The molecule has 0 unspecified atom stereocenters. The number of fused-ring (bicyclic) bond motifs is 1. The number of carbonyl (C=O) groups excluding carboxylic acids is 1. The summed E-state index contributed by atoms with van der Waals surface area (Å²) in [6, 6.07) is 12.8. The average molecular weight is 383 g/mol. The fourth-order valence-electron chi connectivity index (χ4n) is 2.70. The van der Waals surface area contributed by atoms with Crippen LogP contribution in [0.15, 0.2) is 54.7 Å². The number of aromatic nitrogens is 1. The van der Waals surface area contributed by atoms with Gasteiger partial charge in [0.25, 0.3) is 0 Å².